The molecule has 0 radical (unpaired) electrons. The van der Waals surface area contributed by atoms with E-state index in [1.165, 1.54) is 6.07 Å². The summed E-state index contributed by atoms with van der Waals surface area (Å²) in [5, 5.41) is 14.8. The first-order chi connectivity index (χ1) is 14.6. The predicted octanol–water partition coefficient (Wildman–Crippen LogP) is 4.84. The highest BCUT2D eigenvalue weighted by Crippen LogP contribution is 2.30. The largest absolute Gasteiger partial charge is 0.379 e. The molecule has 0 bridgehead atoms. The van der Waals surface area contributed by atoms with E-state index in [4.69, 9.17) is 0 Å². The van der Waals surface area contributed by atoms with Crippen molar-refractivity contribution in [1.29, 1.82) is 0 Å². The predicted molar refractivity (Wildman–Crippen MR) is 118 cm³/mol. The Kier molecular flexibility index (Phi) is 5.75. The van der Waals surface area contributed by atoms with E-state index < -0.39 is 4.92 Å². The van der Waals surface area contributed by atoms with Gasteiger partial charge in [-0.05, 0) is 48.6 Å². The number of para-hydroxylation sites is 1. The van der Waals surface area contributed by atoms with E-state index in [9.17, 15) is 14.9 Å². The van der Waals surface area contributed by atoms with Crippen LogP contribution in [-0.4, -0.2) is 23.9 Å². The lowest BCUT2D eigenvalue weighted by molar-refractivity contribution is -0.384. The molecule has 4 rings (SSSR count). The van der Waals surface area contributed by atoms with Gasteiger partial charge in [0.25, 0.3) is 11.6 Å². The van der Waals surface area contributed by atoms with Crippen LogP contribution < -0.4 is 10.2 Å². The van der Waals surface area contributed by atoms with Crippen molar-refractivity contribution in [3.8, 4) is 0 Å². The number of benzene rings is 3. The van der Waals surface area contributed by atoms with Crippen LogP contribution in [0.25, 0.3) is 0 Å². The number of nitro groups is 1. The van der Waals surface area contributed by atoms with Crippen LogP contribution >= 0.6 is 0 Å². The van der Waals surface area contributed by atoms with E-state index in [0.717, 1.165) is 36.1 Å². The van der Waals surface area contributed by atoms with E-state index in [-0.39, 0.29) is 11.6 Å². The highest BCUT2D eigenvalue weighted by atomic mass is 16.6. The van der Waals surface area contributed by atoms with Gasteiger partial charge in [-0.3, -0.25) is 14.9 Å². The van der Waals surface area contributed by atoms with Gasteiger partial charge in [0.05, 0.1) is 4.92 Å². The molecule has 0 saturated carbocycles. The monoisotopic (exact) mass is 401 g/mol. The van der Waals surface area contributed by atoms with Gasteiger partial charge in [-0.25, -0.2) is 0 Å². The zero-order chi connectivity index (χ0) is 20.9. The molecule has 0 atom stereocenters. The number of amides is 1. The summed E-state index contributed by atoms with van der Waals surface area (Å²) >= 11 is 0. The zero-order valence-corrected chi connectivity index (χ0v) is 16.6. The second kappa shape index (κ2) is 8.78. The number of fused-ring (bicyclic) bond motifs is 1. The Bertz CT molecular complexity index is 1070. The number of carbonyl (C=O) groups excluding carboxylic acids is 1. The standard InChI is InChI=1S/C24H23N3O3/c28-24(26-16-6-10-19-9-4-5-11-22(19)26)20-12-13-21(23(17-20)27(29)30)25-15-14-18-7-2-1-3-8-18/h1-5,7-9,11-13,17,25H,6,10,14-16H2. The summed E-state index contributed by atoms with van der Waals surface area (Å²) in [4.78, 5) is 26.1. The fraction of sp³-hybridized carbons (Fsp3) is 0.208. The maximum Gasteiger partial charge on any atom is 0.293 e. The summed E-state index contributed by atoms with van der Waals surface area (Å²) in [7, 11) is 0. The highest BCUT2D eigenvalue weighted by Gasteiger charge is 2.25. The summed E-state index contributed by atoms with van der Waals surface area (Å²) in [5.41, 5.74) is 3.84. The van der Waals surface area contributed by atoms with Gasteiger partial charge in [-0.2, -0.15) is 0 Å². The number of nitrogens with zero attached hydrogens (tertiary/aromatic N) is 2. The number of anilines is 2. The minimum Gasteiger partial charge on any atom is -0.379 e. The minimum absolute atomic E-state index is 0.0841. The van der Waals surface area contributed by atoms with Gasteiger partial charge in [-0.1, -0.05) is 48.5 Å². The molecule has 152 valence electrons. The highest BCUT2D eigenvalue weighted by molar-refractivity contribution is 6.07. The molecule has 0 aromatic heterocycles. The van der Waals surface area contributed by atoms with Crippen LogP contribution in [0.4, 0.5) is 17.1 Å². The first kappa shape index (κ1) is 19.6. The lowest BCUT2D eigenvalue weighted by atomic mass is 10.0. The smallest absolute Gasteiger partial charge is 0.293 e. The minimum atomic E-state index is -0.439. The Morgan fingerprint density at radius 2 is 1.80 bits per heavy atom. The van der Waals surface area contributed by atoms with Crippen molar-refractivity contribution in [3.63, 3.8) is 0 Å². The molecule has 0 unspecified atom stereocenters. The van der Waals surface area contributed by atoms with E-state index in [2.05, 4.69) is 5.32 Å². The Labute approximate surface area is 175 Å². The second-order valence-corrected chi connectivity index (χ2v) is 7.34. The maximum atomic E-state index is 13.1. The number of nitrogens with one attached hydrogen (secondary N) is 1. The Morgan fingerprint density at radius 3 is 2.60 bits per heavy atom. The van der Waals surface area contributed by atoms with E-state index in [1.807, 2.05) is 54.6 Å². The van der Waals surface area contributed by atoms with Gasteiger partial charge >= 0.3 is 0 Å². The zero-order valence-electron chi connectivity index (χ0n) is 16.6. The topological polar surface area (TPSA) is 75.5 Å². The molecule has 3 aromatic carbocycles. The number of rotatable bonds is 6. The third kappa shape index (κ3) is 4.17. The maximum absolute atomic E-state index is 13.1. The van der Waals surface area contributed by atoms with E-state index >= 15 is 0 Å². The summed E-state index contributed by atoms with van der Waals surface area (Å²) in [5.74, 6) is -0.207. The number of carbonyl (C=O) groups is 1. The van der Waals surface area contributed by atoms with Gasteiger partial charge in [0.2, 0.25) is 0 Å². The number of hydrogen-bond donors (Lipinski definition) is 1. The third-order valence-electron chi connectivity index (χ3n) is 5.37. The van der Waals surface area contributed by atoms with Crippen molar-refractivity contribution >= 4 is 23.0 Å². The Balaban J connectivity index is 1.53. The van der Waals surface area contributed by atoms with Crippen molar-refractivity contribution in [2.45, 2.75) is 19.3 Å². The molecule has 0 aliphatic carbocycles. The fourth-order valence-electron chi connectivity index (χ4n) is 3.85. The number of hydrogen-bond acceptors (Lipinski definition) is 4. The third-order valence-corrected chi connectivity index (χ3v) is 5.37. The first-order valence-electron chi connectivity index (χ1n) is 10.1. The summed E-state index contributed by atoms with van der Waals surface area (Å²) in [6.45, 7) is 1.18. The molecule has 1 N–H and O–H groups in total. The number of aryl methyl sites for hydroxylation is 1. The van der Waals surface area contributed by atoms with Gasteiger partial charge < -0.3 is 10.2 Å². The van der Waals surface area contributed by atoms with Crippen molar-refractivity contribution in [2.75, 3.05) is 23.3 Å². The molecule has 6 nitrogen and oxygen atoms in total. The lowest BCUT2D eigenvalue weighted by Gasteiger charge is -2.29. The molecule has 0 saturated heterocycles. The molecule has 1 aliphatic rings. The van der Waals surface area contributed by atoms with Crippen LogP contribution in [0.5, 0.6) is 0 Å². The van der Waals surface area contributed by atoms with Gasteiger partial charge in [0.1, 0.15) is 5.69 Å². The quantitative estimate of drug-likeness (QED) is 0.474. The first-order valence-corrected chi connectivity index (χ1v) is 10.1. The molecule has 1 aliphatic heterocycles. The molecule has 30 heavy (non-hydrogen) atoms. The molecule has 0 spiro atoms. The van der Waals surface area contributed by atoms with E-state index in [1.54, 1.807) is 17.0 Å². The van der Waals surface area contributed by atoms with E-state index in [0.29, 0.717) is 24.3 Å². The van der Waals surface area contributed by atoms with Crippen LogP contribution in [0.3, 0.4) is 0 Å². The SMILES string of the molecule is O=C(c1ccc(NCCc2ccccc2)c([N+](=O)[O-])c1)N1CCCc2ccccc21. The van der Waals surface area contributed by atoms with Gasteiger partial charge in [0, 0.05) is 30.4 Å². The van der Waals surface area contributed by atoms with Crippen LogP contribution in [0.15, 0.2) is 72.8 Å². The average molecular weight is 401 g/mol. The molecule has 0 fully saturated rings. The van der Waals surface area contributed by atoms with Crippen molar-refractivity contribution < 1.29 is 9.72 Å². The van der Waals surface area contributed by atoms with Gasteiger partial charge in [-0.15, -0.1) is 0 Å². The molecular formula is C24H23N3O3. The molecular weight excluding hydrogens is 378 g/mol. The Hall–Kier alpha value is -3.67. The van der Waals surface area contributed by atoms with Crippen LogP contribution in [-0.2, 0) is 12.8 Å². The molecule has 6 heteroatoms. The lowest BCUT2D eigenvalue weighted by Crippen LogP contribution is -2.35. The second-order valence-electron chi connectivity index (χ2n) is 7.34. The van der Waals surface area contributed by atoms with Crippen LogP contribution in [0, 0.1) is 10.1 Å². The fourth-order valence-corrected chi connectivity index (χ4v) is 3.85. The van der Waals surface area contributed by atoms with Crippen LogP contribution in [0.2, 0.25) is 0 Å². The van der Waals surface area contributed by atoms with Crippen molar-refractivity contribution in [1.82, 2.24) is 0 Å². The van der Waals surface area contributed by atoms with Gasteiger partial charge in [0.15, 0.2) is 0 Å². The number of nitro benzene ring substituents is 1. The summed E-state index contributed by atoms with van der Waals surface area (Å²) in [6, 6.07) is 22.4. The Morgan fingerprint density at radius 1 is 1.03 bits per heavy atom. The molecule has 1 amide bonds. The average Bonchev–Trinajstić information content (AvgIpc) is 2.79. The van der Waals surface area contributed by atoms with Crippen LogP contribution in [0.1, 0.15) is 27.9 Å². The molecule has 3 aromatic rings. The summed E-state index contributed by atoms with van der Waals surface area (Å²) < 4.78 is 0. The van der Waals surface area contributed by atoms with Crippen molar-refractivity contribution in [3.05, 3.63) is 99.6 Å². The molecule has 1 heterocycles. The van der Waals surface area contributed by atoms with Crippen molar-refractivity contribution in [2.24, 2.45) is 0 Å². The normalized spacial score (nSPS) is 12.9. The summed E-state index contributed by atoms with van der Waals surface area (Å²) in [6.07, 6.45) is 2.57.